The second kappa shape index (κ2) is 6.70. The highest BCUT2D eigenvalue weighted by atomic mass is 15.5. The Hall–Kier alpha value is -3.86. The summed E-state index contributed by atoms with van der Waals surface area (Å²) in [6, 6.07) is 26.5. The third-order valence-electron chi connectivity index (χ3n) is 4.80. The van der Waals surface area contributed by atoms with Gasteiger partial charge in [-0.1, -0.05) is 60.7 Å². The lowest BCUT2D eigenvalue weighted by atomic mass is 9.95. The van der Waals surface area contributed by atoms with Crippen molar-refractivity contribution in [2.75, 3.05) is 0 Å². The van der Waals surface area contributed by atoms with Crippen molar-refractivity contribution in [2.24, 2.45) is 0 Å². The number of aromatic nitrogens is 5. The van der Waals surface area contributed by atoms with Crippen molar-refractivity contribution in [3.8, 4) is 28.2 Å². The standard InChI is InChI=1S/C23H17N5/c1-16-12-13-19-21(14-16)24-15-20(22(19)17-8-4-2-5-9-17)23-25-26-27-28(23)18-10-6-3-7-11-18/h2-15H,1H3. The third-order valence-corrected chi connectivity index (χ3v) is 4.80. The number of aryl methyl sites for hydroxylation is 1. The summed E-state index contributed by atoms with van der Waals surface area (Å²) >= 11 is 0. The Morgan fingerprint density at radius 1 is 0.821 bits per heavy atom. The maximum atomic E-state index is 4.71. The summed E-state index contributed by atoms with van der Waals surface area (Å²) in [5.74, 6) is 0.667. The summed E-state index contributed by atoms with van der Waals surface area (Å²) in [6.07, 6.45) is 1.87. The molecule has 2 heterocycles. The molecule has 0 aliphatic rings. The van der Waals surface area contributed by atoms with Crippen LogP contribution < -0.4 is 0 Å². The van der Waals surface area contributed by atoms with Crippen LogP contribution in [0, 0.1) is 6.92 Å². The number of fused-ring (bicyclic) bond motifs is 1. The number of benzene rings is 3. The molecule has 0 saturated heterocycles. The molecule has 0 atom stereocenters. The van der Waals surface area contributed by atoms with Crippen molar-refractivity contribution >= 4 is 10.9 Å². The lowest BCUT2D eigenvalue weighted by Gasteiger charge is -2.13. The molecule has 0 bridgehead atoms. The quantitative estimate of drug-likeness (QED) is 0.460. The van der Waals surface area contributed by atoms with Crippen LogP contribution in [-0.2, 0) is 0 Å². The highest BCUT2D eigenvalue weighted by Gasteiger charge is 2.18. The molecule has 2 aromatic heterocycles. The molecule has 5 heteroatoms. The second-order valence-corrected chi connectivity index (χ2v) is 6.68. The van der Waals surface area contributed by atoms with Gasteiger partial charge in [0.25, 0.3) is 0 Å². The van der Waals surface area contributed by atoms with Crippen LogP contribution in [-0.4, -0.2) is 25.2 Å². The summed E-state index contributed by atoms with van der Waals surface area (Å²) < 4.78 is 1.75. The van der Waals surface area contributed by atoms with E-state index in [-0.39, 0.29) is 0 Å². The molecule has 5 aromatic rings. The molecule has 0 amide bonds. The van der Waals surface area contributed by atoms with Gasteiger partial charge in [0.2, 0.25) is 0 Å². The molecular weight excluding hydrogens is 346 g/mol. The predicted molar refractivity (Wildman–Crippen MR) is 110 cm³/mol. The molecule has 5 rings (SSSR count). The Kier molecular flexibility index (Phi) is 3.91. The summed E-state index contributed by atoms with van der Waals surface area (Å²) in [5.41, 5.74) is 6.14. The number of hydrogen-bond donors (Lipinski definition) is 0. The Morgan fingerprint density at radius 2 is 1.57 bits per heavy atom. The predicted octanol–water partition coefficient (Wildman–Crippen LogP) is 4.85. The van der Waals surface area contributed by atoms with Gasteiger partial charge in [-0.2, -0.15) is 4.68 Å². The molecular formula is C23H17N5. The van der Waals surface area contributed by atoms with Gasteiger partial charge >= 0.3 is 0 Å². The summed E-state index contributed by atoms with van der Waals surface area (Å²) in [5, 5.41) is 13.6. The van der Waals surface area contributed by atoms with Gasteiger partial charge in [-0.25, -0.2) is 0 Å². The first-order valence-electron chi connectivity index (χ1n) is 9.10. The molecule has 0 saturated carbocycles. The van der Waals surface area contributed by atoms with Crippen LogP contribution in [0.2, 0.25) is 0 Å². The first kappa shape index (κ1) is 16.3. The van der Waals surface area contributed by atoms with E-state index < -0.39 is 0 Å². The largest absolute Gasteiger partial charge is 0.255 e. The maximum Gasteiger partial charge on any atom is 0.189 e. The van der Waals surface area contributed by atoms with Gasteiger partial charge in [0.05, 0.1) is 11.2 Å². The SMILES string of the molecule is Cc1ccc2c(-c3ccccc3)c(-c3nnnn3-c3ccccc3)cnc2c1. The van der Waals surface area contributed by atoms with Crippen LogP contribution >= 0.6 is 0 Å². The van der Waals surface area contributed by atoms with Gasteiger partial charge in [-0.15, -0.1) is 5.10 Å². The number of rotatable bonds is 3. The minimum atomic E-state index is 0.667. The molecule has 134 valence electrons. The number of nitrogens with zero attached hydrogens (tertiary/aromatic N) is 5. The Morgan fingerprint density at radius 3 is 2.36 bits per heavy atom. The zero-order valence-electron chi connectivity index (χ0n) is 15.3. The first-order valence-corrected chi connectivity index (χ1v) is 9.10. The average molecular weight is 363 g/mol. The third kappa shape index (κ3) is 2.74. The number of pyridine rings is 1. The van der Waals surface area contributed by atoms with Crippen LogP contribution in [0.25, 0.3) is 39.1 Å². The van der Waals surface area contributed by atoms with Crippen LogP contribution in [0.1, 0.15) is 5.56 Å². The molecule has 0 N–H and O–H groups in total. The first-order chi connectivity index (χ1) is 13.8. The van der Waals surface area contributed by atoms with Crippen molar-refractivity contribution in [1.29, 1.82) is 0 Å². The smallest absolute Gasteiger partial charge is 0.189 e. The molecule has 0 radical (unpaired) electrons. The Labute approximate surface area is 162 Å². The summed E-state index contributed by atoms with van der Waals surface area (Å²) in [7, 11) is 0. The highest BCUT2D eigenvalue weighted by molar-refractivity contribution is 6.01. The number of para-hydroxylation sites is 1. The van der Waals surface area contributed by atoms with Gasteiger partial charge in [0.1, 0.15) is 0 Å². The molecule has 0 aliphatic carbocycles. The van der Waals surface area contributed by atoms with Crippen LogP contribution in [0.15, 0.2) is 85.1 Å². The van der Waals surface area contributed by atoms with Crippen molar-refractivity contribution in [2.45, 2.75) is 6.92 Å². The van der Waals surface area contributed by atoms with Gasteiger partial charge in [-0.3, -0.25) is 4.98 Å². The Bertz CT molecular complexity index is 1260. The molecule has 5 nitrogen and oxygen atoms in total. The topological polar surface area (TPSA) is 56.5 Å². The average Bonchev–Trinajstić information content (AvgIpc) is 3.24. The molecule has 0 spiro atoms. The van der Waals surface area contributed by atoms with E-state index >= 15 is 0 Å². The number of tetrazole rings is 1. The van der Waals surface area contributed by atoms with E-state index in [0.29, 0.717) is 5.82 Å². The van der Waals surface area contributed by atoms with Crippen molar-refractivity contribution < 1.29 is 0 Å². The van der Waals surface area contributed by atoms with Crippen LogP contribution in [0.4, 0.5) is 0 Å². The number of hydrogen-bond acceptors (Lipinski definition) is 4. The monoisotopic (exact) mass is 363 g/mol. The van der Waals surface area contributed by atoms with Crippen molar-refractivity contribution in [1.82, 2.24) is 25.2 Å². The molecule has 28 heavy (non-hydrogen) atoms. The molecule has 0 unspecified atom stereocenters. The fraction of sp³-hybridized carbons (Fsp3) is 0.0435. The van der Waals surface area contributed by atoms with E-state index in [0.717, 1.165) is 33.3 Å². The lowest BCUT2D eigenvalue weighted by molar-refractivity contribution is 0.791. The molecule has 0 aliphatic heterocycles. The van der Waals surface area contributed by atoms with E-state index in [1.165, 1.54) is 5.56 Å². The zero-order chi connectivity index (χ0) is 18.9. The van der Waals surface area contributed by atoms with Crippen molar-refractivity contribution in [3.63, 3.8) is 0 Å². The van der Waals surface area contributed by atoms with Crippen molar-refractivity contribution in [3.05, 3.63) is 90.6 Å². The van der Waals surface area contributed by atoms with E-state index in [1.807, 2.05) is 54.7 Å². The van der Waals surface area contributed by atoms with Crippen LogP contribution in [0.5, 0.6) is 0 Å². The molecule has 3 aromatic carbocycles. The Balaban J connectivity index is 1.83. The zero-order valence-corrected chi connectivity index (χ0v) is 15.3. The van der Waals surface area contributed by atoms with E-state index in [9.17, 15) is 0 Å². The minimum absolute atomic E-state index is 0.667. The second-order valence-electron chi connectivity index (χ2n) is 6.68. The van der Waals surface area contributed by atoms with E-state index in [1.54, 1.807) is 4.68 Å². The molecule has 0 fully saturated rings. The fourth-order valence-corrected chi connectivity index (χ4v) is 3.49. The van der Waals surface area contributed by atoms with Gasteiger partial charge in [0.15, 0.2) is 5.82 Å². The van der Waals surface area contributed by atoms with Crippen LogP contribution in [0.3, 0.4) is 0 Å². The normalized spacial score (nSPS) is 11.0. The van der Waals surface area contributed by atoms with E-state index in [4.69, 9.17) is 4.98 Å². The maximum absolute atomic E-state index is 4.71. The van der Waals surface area contributed by atoms with Gasteiger partial charge < -0.3 is 0 Å². The minimum Gasteiger partial charge on any atom is -0.255 e. The lowest BCUT2D eigenvalue weighted by Crippen LogP contribution is -2.01. The highest BCUT2D eigenvalue weighted by Crippen LogP contribution is 2.36. The fourth-order valence-electron chi connectivity index (χ4n) is 3.49. The van der Waals surface area contributed by atoms with Gasteiger partial charge in [0, 0.05) is 22.7 Å². The van der Waals surface area contributed by atoms with E-state index in [2.05, 4.69) is 52.8 Å². The summed E-state index contributed by atoms with van der Waals surface area (Å²) in [6.45, 7) is 2.08. The van der Waals surface area contributed by atoms with Gasteiger partial charge in [-0.05, 0) is 46.7 Å². The summed E-state index contributed by atoms with van der Waals surface area (Å²) in [4.78, 5) is 4.71.